The van der Waals surface area contributed by atoms with Gasteiger partial charge in [0.2, 0.25) is 5.91 Å². The number of nitrogens with one attached hydrogen (secondary N) is 2. The van der Waals surface area contributed by atoms with Gasteiger partial charge in [-0.3, -0.25) is 14.5 Å². The van der Waals surface area contributed by atoms with Gasteiger partial charge in [-0.1, -0.05) is 57.5 Å². The van der Waals surface area contributed by atoms with Crippen LogP contribution in [0.25, 0.3) is 0 Å². The van der Waals surface area contributed by atoms with Crippen LogP contribution in [0.5, 0.6) is 0 Å². The Hall–Kier alpha value is -2.41. The molecule has 0 radical (unpaired) electrons. The second-order valence-corrected chi connectivity index (χ2v) is 10.2. The summed E-state index contributed by atoms with van der Waals surface area (Å²) >= 11 is 0. The molecule has 4 amide bonds. The first-order valence-electron chi connectivity index (χ1n) is 11.7. The number of carbonyl (C=O) groups excluding carboxylic acids is 3. The highest BCUT2D eigenvalue weighted by Crippen LogP contribution is 2.45. The highest BCUT2D eigenvalue weighted by Gasteiger charge is 2.53. The van der Waals surface area contributed by atoms with Crippen molar-refractivity contribution in [2.24, 2.45) is 11.3 Å². The zero-order valence-corrected chi connectivity index (χ0v) is 20.1. The molecule has 7 heteroatoms. The van der Waals surface area contributed by atoms with Crippen molar-refractivity contribution in [1.82, 2.24) is 20.4 Å². The minimum Gasteiger partial charge on any atom is -0.353 e. The molecule has 2 N–H and O–H groups in total. The molecule has 2 fully saturated rings. The minimum absolute atomic E-state index is 0.00629. The van der Waals surface area contributed by atoms with Crippen LogP contribution in [-0.4, -0.2) is 60.4 Å². The monoisotopic (exact) mass is 442 g/mol. The molecule has 1 aromatic rings. The molecule has 7 nitrogen and oxygen atoms in total. The summed E-state index contributed by atoms with van der Waals surface area (Å²) in [6.07, 6.45) is 4.19. The molecule has 0 aromatic heterocycles. The maximum atomic E-state index is 13.2. The van der Waals surface area contributed by atoms with Gasteiger partial charge >= 0.3 is 6.03 Å². The molecular weight excluding hydrogens is 404 g/mol. The molecule has 0 bridgehead atoms. The van der Waals surface area contributed by atoms with Gasteiger partial charge in [0, 0.05) is 6.54 Å². The van der Waals surface area contributed by atoms with E-state index in [1.807, 2.05) is 49.3 Å². The van der Waals surface area contributed by atoms with Gasteiger partial charge in [-0.05, 0) is 56.7 Å². The van der Waals surface area contributed by atoms with Crippen LogP contribution in [0.4, 0.5) is 4.79 Å². The van der Waals surface area contributed by atoms with Crippen LogP contribution in [0.1, 0.15) is 64.5 Å². The Labute approximate surface area is 191 Å². The molecule has 1 spiro atoms. The van der Waals surface area contributed by atoms with Gasteiger partial charge in [0.15, 0.2) is 0 Å². The maximum absolute atomic E-state index is 13.2. The highest BCUT2D eigenvalue weighted by atomic mass is 16.2. The van der Waals surface area contributed by atoms with Crippen LogP contribution in [0.15, 0.2) is 30.3 Å². The van der Waals surface area contributed by atoms with E-state index >= 15 is 0 Å². The summed E-state index contributed by atoms with van der Waals surface area (Å²) in [5.41, 5.74) is 0.487. The molecule has 1 unspecified atom stereocenters. The second-order valence-electron chi connectivity index (χ2n) is 10.2. The first kappa shape index (κ1) is 24.2. The smallest absolute Gasteiger partial charge is 0.325 e. The summed E-state index contributed by atoms with van der Waals surface area (Å²) in [5.74, 6) is -0.0344. The van der Waals surface area contributed by atoms with Crippen LogP contribution in [0.3, 0.4) is 0 Å². The Morgan fingerprint density at radius 1 is 1.22 bits per heavy atom. The van der Waals surface area contributed by atoms with Crippen molar-refractivity contribution in [2.45, 2.75) is 64.5 Å². The van der Waals surface area contributed by atoms with Crippen molar-refractivity contribution in [3.8, 4) is 0 Å². The van der Waals surface area contributed by atoms with Gasteiger partial charge in [0.1, 0.15) is 12.1 Å². The summed E-state index contributed by atoms with van der Waals surface area (Å²) in [4.78, 5) is 41.5. The Morgan fingerprint density at radius 2 is 1.84 bits per heavy atom. The van der Waals surface area contributed by atoms with Gasteiger partial charge in [-0.2, -0.15) is 0 Å². The van der Waals surface area contributed by atoms with Crippen molar-refractivity contribution >= 4 is 17.8 Å². The number of rotatable bonds is 8. The zero-order chi connectivity index (χ0) is 23.5. The molecule has 1 aliphatic carbocycles. The summed E-state index contributed by atoms with van der Waals surface area (Å²) in [7, 11) is 3.92. The Kier molecular flexibility index (Phi) is 7.28. The van der Waals surface area contributed by atoms with Gasteiger partial charge in [-0.15, -0.1) is 0 Å². The largest absolute Gasteiger partial charge is 0.353 e. The number of imide groups is 1. The lowest BCUT2D eigenvalue weighted by atomic mass is 9.65. The molecule has 1 atom stereocenters. The van der Waals surface area contributed by atoms with Crippen molar-refractivity contribution < 1.29 is 14.4 Å². The van der Waals surface area contributed by atoms with Crippen LogP contribution in [0.2, 0.25) is 0 Å². The maximum Gasteiger partial charge on any atom is 0.325 e. The van der Waals surface area contributed by atoms with E-state index in [1.54, 1.807) is 0 Å². The number of amides is 4. The number of likely N-dealkylation sites (N-methyl/N-ethyl adjacent to an activating group) is 1. The molecule has 1 aliphatic heterocycles. The van der Waals surface area contributed by atoms with Gasteiger partial charge in [-0.25, -0.2) is 4.79 Å². The van der Waals surface area contributed by atoms with E-state index in [2.05, 4.69) is 31.4 Å². The van der Waals surface area contributed by atoms with E-state index in [-0.39, 0.29) is 29.8 Å². The highest BCUT2D eigenvalue weighted by molar-refractivity contribution is 6.09. The number of hydrogen-bond acceptors (Lipinski definition) is 4. The van der Waals surface area contributed by atoms with Crippen LogP contribution >= 0.6 is 0 Å². The standard InChI is InChI=1S/C25H38N4O3/c1-6-24(2,3)19-12-14-25(15-13-19)22(31)29(23(32)27-25)17-21(30)26-16-20(28(4)5)18-10-8-7-9-11-18/h7-11,19-20H,6,12-17H2,1-5H3,(H,26,30)(H,27,32). The lowest BCUT2D eigenvalue weighted by molar-refractivity contribution is -0.136. The second kappa shape index (κ2) is 9.61. The number of urea groups is 1. The molecule has 1 aromatic carbocycles. The van der Waals surface area contributed by atoms with Crippen LogP contribution < -0.4 is 10.6 Å². The predicted molar refractivity (Wildman–Crippen MR) is 125 cm³/mol. The zero-order valence-electron chi connectivity index (χ0n) is 20.1. The third-order valence-corrected chi connectivity index (χ3v) is 7.70. The lowest BCUT2D eigenvalue weighted by Gasteiger charge is -2.42. The molecule has 3 rings (SSSR count). The summed E-state index contributed by atoms with van der Waals surface area (Å²) in [6.45, 7) is 6.91. The Bertz CT molecular complexity index is 829. The fourth-order valence-corrected chi connectivity index (χ4v) is 5.02. The van der Waals surface area contributed by atoms with E-state index in [1.165, 1.54) is 0 Å². The van der Waals surface area contributed by atoms with Gasteiger partial charge < -0.3 is 15.5 Å². The fraction of sp³-hybridized carbons (Fsp3) is 0.640. The summed E-state index contributed by atoms with van der Waals surface area (Å²) in [6, 6.07) is 9.49. The predicted octanol–water partition coefficient (Wildman–Crippen LogP) is 3.32. The molecular formula is C25H38N4O3. The number of carbonyl (C=O) groups is 3. The fourth-order valence-electron chi connectivity index (χ4n) is 5.02. The third kappa shape index (κ3) is 4.98. The van der Waals surface area contributed by atoms with Crippen molar-refractivity contribution in [1.29, 1.82) is 0 Å². The minimum atomic E-state index is -0.839. The van der Waals surface area contributed by atoms with E-state index in [9.17, 15) is 14.4 Å². The molecule has 1 saturated carbocycles. The van der Waals surface area contributed by atoms with E-state index < -0.39 is 11.6 Å². The van der Waals surface area contributed by atoms with Gasteiger partial charge in [0.05, 0.1) is 6.04 Å². The van der Waals surface area contributed by atoms with Crippen molar-refractivity contribution in [2.75, 3.05) is 27.2 Å². The molecule has 1 saturated heterocycles. The Morgan fingerprint density at radius 3 is 2.41 bits per heavy atom. The van der Waals surface area contributed by atoms with Crippen molar-refractivity contribution in [3.63, 3.8) is 0 Å². The summed E-state index contributed by atoms with van der Waals surface area (Å²) < 4.78 is 0. The quantitative estimate of drug-likeness (QED) is 0.605. The topological polar surface area (TPSA) is 81.8 Å². The third-order valence-electron chi connectivity index (χ3n) is 7.70. The lowest BCUT2D eigenvalue weighted by Crippen LogP contribution is -2.51. The van der Waals surface area contributed by atoms with E-state index in [0.29, 0.717) is 25.3 Å². The average Bonchev–Trinajstić information content (AvgIpc) is 2.98. The summed E-state index contributed by atoms with van der Waals surface area (Å²) in [5, 5.41) is 5.82. The van der Waals surface area contributed by atoms with Crippen LogP contribution in [-0.2, 0) is 9.59 Å². The normalized spacial score (nSPS) is 24.7. The first-order chi connectivity index (χ1) is 15.1. The van der Waals surface area contributed by atoms with E-state index in [0.717, 1.165) is 29.7 Å². The van der Waals surface area contributed by atoms with Crippen LogP contribution in [0, 0.1) is 11.3 Å². The van der Waals surface area contributed by atoms with Gasteiger partial charge in [0.25, 0.3) is 5.91 Å². The number of benzene rings is 1. The first-order valence-corrected chi connectivity index (χ1v) is 11.7. The number of nitrogens with zero attached hydrogens (tertiary/aromatic N) is 2. The Balaban J connectivity index is 1.58. The molecule has 2 aliphatic rings. The number of hydrogen-bond donors (Lipinski definition) is 2. The molecule has 1 heterocycles. The van der Waals surface area contributed by atoms with E-state index in [4.69, 9.17) is 0 Å². The van der Waals surface area contributed by atoms with Crippen molar-refractivity contribution in [3.05, 3.63) is 35.9 Å². The average molecular weight is 443 g/mol. The molecule has 32 heavy (non-hydrogen) atoms. The molecule has 176 valence electrons. The SMILES string of the molecule is CCC(C)(C)C1CCC2(CC1)NC(=O)N(CC(=O)NCC(c1ccccc1)N(C)C)C2=O.